The first kappa shape index (κ1) is 36.8. The zero-order chi connectivity index (χ0) is 37.4. The van der Waals surface area contributed by atoms with Gasteiger partial charge < -0.3 is 8.83 Å². The molecule has 0 bridgehead atoms. The molecule has 0 amide bonds. The van der Waals surface area contributed by atoms with E-state index in [1.54, 1.807) is 0 Å². The van der Waals surface area contributed by atoms with Crippen LogP contribution >= 0.6 is 0 Å². The van der Waals surface area contributed by atoms with Crippen LogP contribution in [0.15, 0.2) is 106 Å². The SMILES string of the molecule is CC(C)c1cccc(C(C)C)c1-c1cnn(-c2[c-]c3c(cc2)oc2ccc4oc5ccc(-n6cc(-c7c(C(C)C)cccc7C(C)C)cn6)[c-]c5c4c23)c1.[Pt+2]. The van der Waals surface area contributed by atoms with E-state index in [-0.39, 0.29) is 21.1 Å². The number of aromatic nitrogens is 4. The van der Waals surface area contributed by atoms with Crippen molar-refractivity contribution in [2.45, 2.75) is 79.1 Å². The molecule has 0 fully saturated rings. The number of benzene rings is 5. The summed E-state index contributed by atoms with van der Waals surface area (Å²) in [5, 5.41) is 13.4. The van der Waals surface area contributed by atoms with E-state index >= 15 is 0 Å². The van der Waals surface area contributed by atoms with Gasteiger partial charge in [-0.1, -0.05) is 103 Å². The summed E-state index contributed by atoms with van der Waals surface area (Å²) in [5.41, 5.74) is 14.8. The van der Waals surface area contributed by atoms with Crippen LogP contribution in [0.5, 0.6) is 0 Å². The molecule has 0 saturated carbocycles. The molecule has 0 atom stereocenters. The number of nitrogens with zero attached hydrogens (tertiary/aromatic N) is 4. The maximum Gasteiger partial charge on any atom is 2.00 e. The van der Waals surface area contributed by atoms with Gasteiger partial charge in [0, 0.05) is 34.7 Å². The third kappa shape index (κ3) is 6.16. The number of hydrogen-bond acceptors (Lipinski definition) is 4. The van der Waals surface area contributed by atoms with E-state index in [4.69, 9.17) is 19.0 Å². The molecule has 0 saturated heterocycles. The number of furan rings is 2. The summed E-state index contributed by atoms with van der Waals surface area (Å²) in [6, 6.07) is 32.7. The molecule has 0 N–H and O–H groups in total. The van der Waals surface area contributed by atoms with Gasteiger partial charge in [-0.2, -0.15) is 10.2 Å². The average Bonchev–Trinajstić information content (AvgIpc) is 3.98. The molecule has 7 heteroatoms. The van der Waals surface area contributed by atoms with Gasteiger partial charge in [-0.3, -0.25) is 9.36 Å². The molecule has 5 aromatic carbocycles. The molecule has 0 aliphatic carbocycles. The summed E-state index contributed by atoms with van der Waals surface area (Å²) in [7, 11) is 0. The molecule has 9 aromatic rings. The molecule has 0 radical (unpaired) electrons. The molecule has 4 heterocycles. The quantitative estimate of drug-likeness (QED) is 0.143. The third-order valence-electron chi connectivity index (χ3n) is 10.8. The molecular weight excluding hydrogens is 860 g/mol. The summed E-state index contributed by atoms with van der Waals surface area (Å²) in [6.07, 6.45) is 8.20. The van der Waals surface area contributed by atoms with Crippen molar-refractivity contribution in [3.8, 4) is 33.6 Å². The van der Waals surface area contributed by atoms with E-state index < -0.39 is 0 Å². The Morgan fingerprint density at radius 1 is 0.473 bits per heavy atom. The van der Waals surface area contributed by atoms with Crippen molar-refractivity contribution < 1.29 is 29.9 Å². The molecule has 4 aromatic heterocycles. The fraction of sp³-hybridized carbons (Fsp3) is 0.250. The minimum atomic E-state index is 0. The molecule has 278 valence electrons. The fourth-order valence-corrected chi connectivity index (χ4v) is 8.15. The van der Waals surface area contributed by atoms with Crippen LogP contribution in [-0.4, -0.2) is 19.6 Å². The first-order valence-corrected chi connectivity index (χ1v) is 19.1. The Balaban J connectivity index is 0.00000427. The van der Waals surface area contributed by atoms with Gasteiger partial charge in [0.1, 0.15) is 0 Å². The Hall–Kier alpha value is -5.19. The van der Waals surface area contributed by atoms with Crippen molar-refractivity contribution in [3.05, 3.63) is 132 Å². The van der Waals surface area contributed by atoms with Gasteiger partial charge in [-0.15, -0.1) is 47.2 Å². The van der Waals surface area contributed by atoms with Gasteiger partial charge in [0.15, 0.2) is 0 Å². The maximum absolute atomic E-state index is 6.42. The molecule has 0 spiro atoms. The van der Waals surface area contributed by atoms with Crippen molar-refractivity contribution in [2.24, 2.45) is 0 Å². The summed E-state index contributed by atoms with van der Waals surface area (Å²) in [4.78, 5) is 0. The molecular formula is C48H44N4O2Pt. The van der Waals surface area contributed by atoms with Crippen LogP contribution in [0, 0.1) is 12.1 Å². The normalized spacial score (nSPS) is 12.1. The van der Waals surface area contributed by atoms with Crippen molar-refractivity contribution >= 4 is 43.9 Å². The van der Waals surface area contributed by atoms with Crippen molar-refractivity contribution in [1.82, 2.24) is 19.6 Å². The van der Waals surface area contributed by atoms with Crippen molar-refractivity contribution in [3.63, 3.8) is 0 Å². The number of fused-ring (bicyclic) bond motifs is 7. The van der Waals surface area contributed by atoms with E-state index in [9.17, 15) is 0 Å². The van der Waals surface area contributed by atoms with Crippen molar-refractivity contribution in [2.75, 3.05) is 0 Å². The minimum Gasteiger partial charge on any atom is -0.511 e. The van der Waals surface area contributed by atoms with Gasteiger partial charge >= 0.3 is 21.1 Å². The first-order chi connectivity index (χ1) is 26.1. The van der Waals surface area contributed by atoms with E-state index in [2.05, 4.69) is 116 Å². The summed E-state index contributed by atoms with van der Waals surface area (Å²) < 4.78 is 16.7. The fourth-order valence-electron chi connectivity index (χ4n) is 8.15. The van der Waals surface area contributed by atoms with Gasteiger partial charge in [0.05, 0.1) is 23.6 Å². The first-order valence-electron chi connectivity index (χ1n) is 19.1. The third-order valence-corrected chi connectivity index (χ3v) is 10.8. The van der Waals surface area contributed by atoms with E-state index in [1.807, 2.05) is 58.2 Å². The number of rotatable bonds is 8. The molecule has 9 rings (SSSR count). The summed E-state index contributed by atoms with van der Waals surface area (Å²) in [5.74, 6) is 1.56. The van der Waals surface area contributed by atoms with E-state index in [1.165, 1.54) is 33.4 Å². The maximum atomic E-state index is 6.42. The Labute approximate surface area is 336 Å². The Kier molecular flexibility index (Phi) is 9.46. The standard InChI is InChI=1S/C48H44N4O2.Pt/c1-27(2)35-11-9-12-36(28(3)4)45(35)31-23-49-51(25-31)33-15-17-41-39(21-33)47-43(53-41)19-20-44-48(47)40-22-34(16-18-42(40)54-44)52-26-32(24-50-52)46-37(29(5)6)13-10-14-38(46)30(7)8;/h9-20,23-30H,1-8H3;/q-2;+2. The van der Waals surface area contributed by atoms with Gasteiger partial charge in [-0.05, 0) is 80.6 Å². The minimum absolute atomic E-state index is 0. The summed E-state index contributed by atoms with van der Waals surface area (Å²) in [6.45, 7) is 18.0. The predicted molar refractivity (Wildman–Crippen MR) is 220 cm³/mol. The zero-order valence-corrected chi connectivity index (χ0v) is 34.7. The molecule has 0 unspecified atom stereocenters. The van der Waals surface area contributed by atoms with Crippen molar-refractivity contribution in [1.29, 1.82) is 0 Å². The van der Waals surface area contributed by atoms with E-state index in [0.717, 1.165) is 66.4 Å². The smallest absolute Gasteiger partial charge is 0.511 e. The molecule has 6 nitrogen and oxygen atoms in total. The monoisotopic (exact) mass is 903 g/mol. The second-order valence-electron chi connectivity index (χ2n) is 15.8. The predicted octanol–water partition coefficient (Wildman–Crippen LogP) is 13.3. The van der Waals surface area contributed by atoms with Crippen LogP contribution in [0.25, 0.3) is 77.5 Å². The Morgan fingerprint density at radius 3 is 1.16 bits per heavy atom. The average molecular weight is 904 g/mol. The van der Waals surface area contributed by atoms with Gasteiger partial charge in [0.25, 0.3) is 0 Å². The molecule has 0 aliphatic rings. The van der Waals surface area contributed by atoms with Gasteiger partial charge in [-0.25, -0.2) is 0 Å². The van der Waals surface area contributed by atoms with Crippen LogP contribution in [0.4, 0.5) is 0 Å². The van der Waals surface area contributed by atoms with Crippen LogP contribution < -0.4 is 0 Å². The van der Waals surface area contributed by atoms with E-state index in [0.29, 0.717) is 23.7 Å². The topological polar surface area (TPSA) is 61.9 Å². The number of hydrogen-bond donors (Lipinski definition) is 0. The van der Waals surface area contributed by atoms with Crippen LogP contribution in [0.2, 0.25) is 0 Å². The molecule has 0 aliphatic heterocycles. The van der Waals surface area contributed by atoms with Gasteiger partial charge in [0.2, 0.25) is 0 Å². The van der Waals surface area contributed by atoms with Crippen LogP contribution in [0.3, 0.4) is 0 Å². The second-order valence-corrected chi connectivity index (χ2v) is 15.8. The van der Waals surface area contributed by atoms with Crippen LogP contribution in [-0.2, 0) is 21.1 Å². The zero-order valence-electron chi connectivity index (χ0n) is 32.5. The second kappa shape index (κ2) is 14.1. The Morgan fingerprint density at radius 2 is 0.818 bits per heavy atom. The molecule has 55 heavy (non-hydrogen) atoms. The summed E-state index contributed by atoms with van der Waals surface area (Å²) >= 11 is 0. The van der Waals surface area contributed by atoms with Crippen LogP contribution in [0.1, 0.15) is 101 Å². The largest absolute Gasteiger partial charge is 2.00 e. The Bertz CT molecular complexity index is 2620.